The van der Waals surface area contributed by atoms with E-state index in [1.165, 1.54) is 11.8 Å². The Morgan fingerprint density at radius 1 is 1.21 bits per heavy atom. The first kappa shape index (κ1) is 17.4. The molecular formula is C23H29N3O2. The molecule has 0 aliphatic carbocycles. The first-order chi connectivity index (χ1) is 14.5. The summed E-state index contributed by atoms with van der Waals surface area (Å²) in [5.74, 6) is -0.298. The molecule has 1 N–H and O–H groups in total. The second kappa shape index (κ2) is 10.0. The van der Waals surface area contributed by atoms with Gasteiger partial charge in [-0.2, -0.15) is 0 Å². The molecule has 3 rings (SSSR count). The number of anilines is 1. The van der Waals surface area contributed by atoms with Crippen molar-refractivity contribution in [2.75, 3.05) is 11.4 Å². The average Bonchev–Trinajstić information content (AvgIpc) is 3.11. The molecule has 0 saturated heterocycles. The van der Waals surface area contributed by atoms with Crippen LogP contribution in [0.15, 0.2) is 48.8 Å². The van der Waals surface area contributed by atoms with Gasteiger partial charge in [-0.25, -0.2) is 0 Å². The van der Waals surface area contributed by atoms with Gasteiger partial charge < -0.3 is 10.2 Å². The summed E-state index contributed by atoms with van der Waals surface area (Å²) in [5, 5.41) is 2.73. The van der Waals surface area contributed by atoms with Crippen molar-refractivity contribution in [3.05, 3.63) is 59.9 Å². The van der Waals surface area contributed by atoms with Gasteiger partial charge in [0.15, 0.2) is 0 Å². The molecule has 5 nitrogen and oxygen atoms in total. The van der Waals surface area contributed by atoms with E-state index in [0.717, 1.165) is 31.4 Å². The molecule has 28 heavy (non-hydrogen) atoms. The Labute approximate surface area is 170 Å². The maximum Gasteiger partial charge on any atom is 0.227 e. The second-order valence-electron chi connectivity index (χ2n) is 7.17. The van der Waals surface area contributed by atoms with Gasteiger partial charge in [-0.15, -0.1) is 0 Å². The van der Waals surface area contributed by atoms with Gasteiger partial charge in [0.2, 0.25) is 11.8 Å². The number of amides is 2. The van der Waals surface area contributed by atoms with Crippen molar-refractivity contribution < 1.29 is 12.3 Å². The highest BCUT2D eigenvalue weighted by atomic mass is 16.2. The molecule has 5 heteroatoms. The van der Waals surface area contributed by atoms with E-state index in [9.17, 15) is 9.59 Å². The molecular weight excluding hydrogens is 350 g/mol. The molecule has 148 valence electrons. The third-order valence-electron chi connectivity index (χ3n) is 4.95. The van der Waals surface area contributed by atoms with Gasteiger partial charge in [0, 0.05) is 46.2 Å². The monoisotopic (exact) mass is 381 g/mol. The minimum Gasteiger partial charge on any atom is -0.356 e. The van der Waals surface area contributed by atoms with Gasteiger partial charge in [0.05, 0.1) is 0 Å². The van der Waals surface area contributed by atoms with E-state index in [-0.39, 0.29) is 11.9 Å². The summed E-state index contributed by atoms with van der Waals surface area (Å²) in [4.78, 5) is 30.6. The molecule has 0 saturated carbocycles. The number of rotatable bonds is 9. The third-order valence-corrected chi connectivity index (χ3v) is 4.95. The van der Waals surface area contributed by atoms with Crippen molar-refractivity contribution in [1.82, 2.24) is 10.3 Å². The number of para-hydroxylation sites is 1. The molecule has 0 bridgehead atoms. The fourth-order valence-corrected chi connectivity index (χ4v) is 3.56. The summed E-state index contributed by atoms with van der Waals surface area (Å²) in [6, 6.07) is 11.7. The molecule has 0 fully saturated rings. The first-order valence-electron chi connectivity index (χ1n) is 11.1. The number of aryl methyl sites for hydroxylation is 1. The Morgan fingerprint density at radius 2 is 2.07 bits per heavy atom. The number of fused-ring (bicyclic) bond motifs is 1. The highest BCUT2D eigenvalue weighted by Gasteiger charge is 2.29. The van der Waals surface area contributed by atoms with Crippen LogP contribution in [0.2, 0.25) is 0 Å². The number of nitrogens with zero attached hydrogens (tertiary/aromatic N) is 2. The SMILES string of the molecule is [2H][C@H](C(=O)NCCCCCC(=O)N1c2ccccc2CC1C)[C@H]([2H])c1cccnc1. The summed E-state index contributed by atoms with van der Waals surface area (Å²) in [6.07, 6.45) is 4.70. The molecule has 1 aromatic heterocycles. The molecule has 1 unspecified atom stereocenters. The number of aromatic nitrogens is 1. The normalized spacial score (nSPS) is 18.6. The van der Waals surface area contributed by atoms with Crippen LogP contribution in [0.25, 0.3) is 0 Å². The van der Waals surface area contributed by atoms with Crippen molar-refractivity contribution in [3.63, 3.8) is 0 Å². The Kier molecular flexibility index (Phi) is 6.23. The van der Waals surface area contributed by atoms with Crippen LogP contribution in [0.5, 0.6) is 0 Å². The largest absolute Gasteiger partial charge is 0.356 e. The Hall–Kier alpha value is -2.69. The summed E-state index contributed by atoms with van der Waals surface area (Å²) < 4.78 is 16.1. The fraction of sp³-hybridized carbons (Fsp3) is 0.435. The van der Waals surface area contributed by atoms with Crippen molar-refractivity contribution in [3.8, 4) is 0 Å². The highest BCUT2D eigenvalue weighted by Crippen LogP contribution is 2.32. The Morgan fingerprint density at radius 3 is 2.89 bits per heavy atom. The van der Waals surface area contributed by atoms with Crippen LogP contribution in [0.1, 0.15) is 52.9 Å². The standard InChI is InChI=1S/C23H29N3O2/c1-18-16-20-9-4-5-10-21(20)26(18)23(28)11-3-2-6-15-25-22(27)13-12-19-8-7-14-24-17-19/h4-5,7-10,14,17-18H,2-3,6,11-13,15-16H2,1H3,(H,25,27)/i12D,13D/t12-,13-,18?/m0/s1. The minimum absolute atomic E-state index is 0.149. The van der Waals surface area contributed by atoms with Gasteiger partial charge in [0.1, 0.15) is 0 Å². The van der Waals surface area contributed by atoms with Crippen LogP contribution in [-0.2, 0) is 22.4 Å². The van der Waals surface area contributed by atoms with Crippen molar-refractivity contribution in [2.24, 2.45) is 0 Å². The number of pyridine rings is 1. The summed E-state index contributed by atoms with van der Waals surface area (Å²) in [7, 11) is 0. The Bertz CT molecular complexity index is 863. The van der Waals surface area contributed by atoms with Crippen molar-refractivity contribution in [1.29, 1.82) is 0 Å². The highest BCUT2D eigenvalue weighted by molar-refractivity contribution is 5.96. The second-order valence-corrected chi connectivity index (χ2v) is 7.17. The van der Waals surface area contributed by atoms with Crippen LogP contribution in [-0.4, -0.2) is 29.4 Å². The number of nitrogens with one attached hydrogen (secondary N) is 1. The maximum absolute atomic E-state index is 12.7. The van der Waals surface area contributed by atoms with E-state index >= 15 is 0 Å². The number of hydrogen-bond donors (Lipinski definition) is 1. The van der Waals surface area contributed by atoms with E-state index in [0.29, 0.717) is 18.5 Å². The Balaban J connectivity index is 1.35. The maximum atomic E-state index is 12.7. The van der Waals surface area contributed by atoms with Crippen LogP contribution < -0.4 is 10.2 Å². The lowest BCUT2D eigenvalue weighted by Crippen LogP contribution is -2.35. The number of carbonyl (C=O) groups is 2. The molecule has 3 atom stereocenters. The van der Waals surface area contributed by atoms with Crippen LogP contribution in [0.4, 0.5) is 5.69 Å². The van der Waals surface area contributed by atoms with Gasteiger partial charge in [0.25, 0.3) is 0 Å². The van der Waals surface area contributed by atoms with E-state index in [1.807, 2.05) is 23.1 Å². The minimum atomic E-state index is -1.19. The number of hydrogen-bond acceptors (Lipinski definition) is 3. The van der Waals surface area contributed by atoms with Gasteiger partial charge in [-0.1, -0.05) is 30.7 Å². The lowest BCUT2D eigenvalue weighted by atomic mass is 10.1. The van der Waals surface area contributed by atoms with Gasteiger partial charge >= 0.3 is 0 Å². The quantitative estimate of drug-likeness (QED) is 0.674. The van der Waals surface area contributed by atoms with E-state index < -0.39 is 18.7 Å². The summed E-state index contributed by atoms with van der Waals surface area (Å²) in [6.45, 7) is 2.53. The third kappa shape index (κ3) is 5.41. The number of unbranched alkanes of at least 4 members (excludes halogenated alkanes) is 2. The number of benzene rings is 1. The van der Waals surface area contributed by atoms with Gasteiger partial charge in [-0.05, 0) is 55.8 Å². The fourth-order valence-electron chi connectivity index (χ4n) is 3.56. The van der Waals surface area contributed by atoms with Crippen LogP contribution >= 0.6 is 0 Å². The van der Waals surface area contributed by atoms with Crippen molar-refractivity contribution in [2.45, 2.75) is 57.9 Å². The average molecular weight is 382 g/mol. The molecule has 0 spiro atoms. The van der Waals surface area contributed by atoms with Crippen LogP contribution in [0.3, 0.4) is 0 Å². The van der Waals surface area contributed by atoms with Crippen LogP contribution in [0, 0.1) is 0 Å². The predicted octanol–water partition coefficient (Wildman–Crippen LogP) is 3.67. The van der Waals surface area contributed by atoms with Gasteiger partial charge in [-0.3, -0.25) is 14.6 Å². The zero-order valence-corrected chi connectivity index (χ0v) is 16.3. The molecule has 2 aromatic rings. The topological polar surface area (TPSA) is 62.3 Å². The molecule has 0 radical (unpaired) electrons. The smallest absolute Gasteiger partial charge is 0.227 e. The molecule has 1 aliphatic heterocycles. The molecule has 2 heterocycles. The van der Waals surface area contributed by atoms with E-state index in [2.05, 4.69) is 23.3 Å². The van der Waals surface area contributed by atoms with E-state index in [1.54, 1.807) is 18.3 Å². The lowest BCUT2D eigenvalue weighted by molar-refractivity contribution is -0.121. The summed E-state index contributed by atoms with van der Waals surface area (Å²) in [5.41, 5.74) is 2.82. The number of carbonyl (C=O) groups excluding carboxylic acids is 2. The zero-order chi connectivity index (χ0) is 21.5. The zero-order valence-electron chi connectivity index (χ0n) is 18.3. The molecule has 1 aliphatic rings. The van der Waals surface area contributed by atoms with Crippen molar-refractivity contribution >= 4 is 17.5 Å². The summed E-state index contributed by atoms with van der Waals surface area (Å²) >= 11 is 0. The first-order valence-corrected chi connectivity index (χ1v) is 9.91. The van der Waals surface area contributed by atoms with E-state index in [4.69, 9.17) is 2.74 Å². The molecule has 2 amide bonds. The predicted molar refractivity (Wildman–Crippen MR) is 111 cm³/mol. The lowest BCUT2D eigenvalue weighted by Gasteiger charge is -2.22. The molecule has 1 aromatic carbocycles.